The first-order chi connectivity index (χ1) is 12.7. The molecule has 5 heteroatoms. The van der Waals surface area contributed by atoms with Crippen LogP contribution in [0.5, 0.6) is 5.75 Å². The van der Waals surface area contributed by atoms with Gasteiger partial charge in [0.15, 0.2) is 6.19 Å². The predicted octanol–water partition coefficient (Wildman–Crippen LogP) is 3.43. The molecule has 0 atom stereocenters. The number of rotatable bonds is 5. The Bertz CT molecular complexity index is 668. The summed E-state index contributed by atoms with van der Waals surface area (Å²) in [6.07, 6.45) is 10.4. The van der Waals surface area contributed by atoms with E-state index in [0.717, 1.165) is 35.6 Å². The van der Waals surface area contributed by atoms with E-state index in [0.29, 0.717) is 17.9 Å². The van der Waals surface area contributed by atoms with Gasteiger partial charge in [-0.25, -0.2) is 4.99 Å². The van der Waals surface area contributed by atoms with Crippen LogP contribution in [0.1, 0.15) is 44.1 Å². The molecule has 4 aliphatic rings. The molecule has 0 heterocycles. The van der Waals surface area contributed by atoms with E-state index in [4.69, 9.17) is 10.00 Å². The summed E-state index contributed by atoms with van der Waals surface area (Å²) in [5.41, 5.74) is 1.52. The second-order valence-electron chi connectivity index (χ2n) is 8.52. The maximum atomic E-state index is 9.06. The predicted molar refractivity (Wildman–Crippen MR) is 101 cm³/mol. The third kappa shape index (κ3) is 3.65. The lowest BCUT2D eigenvalue weighted by Gasteiger charge is -2.57. The summed E-state index contributed by atoms with van der Waals surface area (Å²) in [5, 5.41) is 15.3. The molecule has 0 aromatic heterocycles. The normalized spacial score (nSPS) is 32.2. The van der Waals surface area contributed by atoms with Crippen LogP contribution in [-0.4, -0.2) is 19.6 Å². The second-order valence-corrected chi connectivity index (χ2v) is 8.52. The molecule has 26 heavy (non-hydrogen) atoms. The zero-order valence-corrected chi connectivity index (χ0v) is 15.5. The first-order valence-electron chi connectivity index (χ1n) is 9.74. The monoisotopic (exact) mass is 352 g/mol. The fraction of sp³-hybridized carbons (Fsp3) is 0.619. The SMILES string of the molecule is COc1ccc(CN=C(NC#N)NCC23CC4CC(CC(C4)C2)C3)cc1. The number of methoxy groups -OCH3 is 1. The van der Waals surface area contributed by atoms with Gasteiger partial charge < -0.3 is 10.1 Å². The van der Waals surface area contributed by atoms with Gasteiger partial charge in [-0.05, 0) is 79.4 Å². The van der Waals surface area contributed by atoms with E-state index in [1.54, 1.807) is 7.11 Å². The molecule has 4 saturated carbocycles. The first-order valence-corrected chi connectivity index (χ1v) is 9.74. The quantitative estimate of drug-likeness (QED) is 0.369. The minimum atomic E-state index is 0.423. The lowest BCUT2D eigenvalue weighted by molar-refractivity contribution is -0.0492. The highest BCUT2D eigenvalue weighted by atomic mass is 16.5. The van der Waals surface area contributed by atoms with Crippen molar-refractivity contribution in [3.8, 4) is 11.9 Å². The summed E-state index contributed by atoms with van der Waals surface area (Å²) in [6.45, 7) is 1.48. The third-order valence-corrected chi connectivity index (χ3v) is 6.55. The molecule has 138 valence electrons. The van der Waals surface area contributed by atoms with Crippen molar-refractivity contribution in [3.05, 3.63) is 29.8 Å². The average molecular weight is 352 g/mol. The molecule has 5 nitrogen and oxygen atoms in total. The van der Waals surface area contributed by atoms with Gasteiger partial charge in [-0.3, -0.25) is 5.32 Å². The molecule has 4 fully saturated rings. The maximum Gasteiger partial charge on any atom is 0.205 e. The fourth-order valence-corrected chi connectivity index (χ4v) is 5.87. The van der Waals surface area contributed by atoms with Gasteiger partial charge in [-0.1, -0.05) is 12.1 Å². The van der Waals surface area contributed by atoms with Crippen LogP contribution < -0.4 is 15.4 Å². The molecule has 0 radical (unpaired) electrons. The van der Waals surface area contributed by atoms with Gasteiger partial charge in [0.1, 0.15) is 5.75 Å². The first kappa shape index (κ1) is 17.2. The van der Waals surface area contributed by atoms with E-state index in [9.17, 15) is 0 Å². The van der Waals surface area contributed by atoms with Gasteiger partial charge in [0.05, 0.1) is 13.7 Å². The Morgan fingerprint density at radius 2 is 1.77 bits per heavy atom. The van der Waals surface area contributed by atoms with Gasteiger partial charge in [-0.15, -0.1) is 0 Å². The highest BCUT2D eigenvalue weighted by Crippen LogP contribution is 2.59. The van der Waals surface area contributed by atoms with Gasteiger partial charge in [0.25, 0.3) is 0 Å². The van der Waals surface area contributed by atoms with E-state index in [1.165, 1.54) is 38.5 Å². The van der Waals surface area contributed by atoms with Crippen LogP contribution in [0, 0.1) is 34.6 Å². The highest BCUT2D eigenvalue weighted by Gasteiger charge is 2.50. The third-order valence-electron chi connectivity index (χ3n) is 6.55. The summed E-state index contributed by atoms with van der Waals surface area (Å²) >= 11 is 0. The number of benzene rings is 1. The number of hydrogen-bond acceptors (Lipinski definition) is 3. The van der Waals surface area contributed by atoms with Crippen molar-refractivity contribution in [2.24, 2.45) is 28.2 Å². The number of aliphatic imine (C=N–C) groups is 1. The summed E-state index contributed by atoms with van der Waals surface area (Å²) in [5.74, 6) is 4.25. The van der Waals surface area contributed by atoms with E-state index in [1.807, 2.05) is 30.5 Å². The van der Waals surface area contributed by atoms with Crippen molar-refractivity contribution < 1.29 is 4.74 Å². The van der Waals surface area contributed by atoms with E-state index in [-0.39, 0.29) is 0 Å². The van der Waals surface area contributed by atoms with Gasteiger partial charge in [0.2, 0.25) is 5.96 Å². The number of nitriles is 1. The molecule has 4 aliphatic carbocycles. The molecule has 0 spiro atoms. The largest absolute Gasteiger partial charge is 0.497 e. The summed E-state index contributed by atoms with van der Waals surface area (Å²) < 4.78 is 5.19. The molecular weight excluding hydrogens is 324 g/mol. The maximum absolute atomic E-state index is 9.06. The van der Waals surface area contributed by atoms with Gasteiger partial charge >= 0.3 is 0 Å². The molecule has 0 aliphatic heterocycles. The van der Waals surface area contributed by atoms with Crippen molar-refractivity contribution in [2.75, 3.05) is 13.7 Å². The summed E-state index contributed by atoms with van der Waals surface area (Å²) in [6, 6.07) is 7.88. The Hall–Kier alpha value is -2.22. The molecule has 1 aromatic carbocycles. The molecule has 0 unspecified atom stereocenters. The molecule has 4 bridgehead atoms. The molecule has 1 aromatic rings. The Balaban J connectivity index is 1.38. The highest BCUT2D eigenvalue weighted by molar-refractivity contribution is 5.81. The zero-order chi connectivity index (χ0) is 18.0. The Labute approximate surface area is 155 Å². The van der Waals surface area contributed by atoms with Crippen molar-refractivity contribution in [1.29, 1.82) is 5.26 Å². The molecular formula is C21H28N4O. The van der Waals surface area contributed by atoms with Crippen molar-refractivity contribution in [3.63, 3.8) is 0 Å². The standard InChI is InChI=1S/C21H28N4O/c1-26-19-4-2-15(3-5-19)12-23-20(25-14-22)24-13-21-9-16-6-17(10-21)8-18(7-16)11-21/h2-5,16-18H,6-13H2,1H3,(H2,23,24,25). The van der Waals surface area contributed by atoms with Crippen LogP contribution in [0.15, 0.2) is 29.3 Å². The van der Waals surface area contributed by atoms with Crippen molar-refractivity contribution in [1.82, 2.24) is 10.6 Å². The fourth-order valence-electron chi connectivity index (χ4n) is 5.87. The number of nitrogens with zero attached hydrogens (tertiary/aromatic N) is 2. The number of hydrogen-bond donors (Lipinski definition) is 2. The van der Waals surface area contributed by atoms with Crippen molar-refractivity contribution >= 4 is 5.96 Å². The lowest BCUT2D eigenvalue weighted by Crippen LogP contribution is -2.52. The van der Waals surface area contributed by atoms with E-state index < -0.39 is 0 Å². The van der Waals surface area contributed by atoms with E-state index >= 15 is 0 Å². The van der Waals surface area contributed by atoms with Gasteiger partial charge in [0, 0.05) is 6.54 Å². The Morgan fingerprint density at radius 3 is 2.31 bits per heavy atom. The lowest BCUT2D eigenvalue weighted by atomic mass is 9.49. The Kier molecular flexibility index (Phi) is 4.76. The van der Waals surface area contributed by atoms with Crippen LogP contribution in [0.25, 0.3) is 0 Å². The number of nitrogens with one attached hydrogen (secondary N) is 2. The van der Waals surface area contributed by atoms with E-state index in [2.05, 4.69) is 15.6 Å². The van der Waals surface area contributed by atoms with Crippen LogP contribution in [0.4, 0.5) is 0 Å². The summed E-state index contributed by atoms with van der Waals surface area (Å²) in [4.78, 5) is 4.59. The van der Waals surface area contributed by atoms with Crippen LogP contribution in [-0.2, 0) is 6.54 Å². The molecule has 5 rings (SSSR count). The average Bonchev–Trinajstić information content (AvgIpc) is 2.63. The summed E-state index contributed by atoms with van der Waals surface area (Å²) in [7, 11) is 1.66. The molecule has 0 amide bonds. The second kappa shape index (κ2) is 7.19. The number of ether oxygens (including phenoxy) is 1. The molecule has 2 N–H and O–H groups in total. The molecule has 0 saturated heterocycles. The van der Waals surface area contributed by atoms with Gasteiger partial charge in [-0.2, -0.15) is 5.26 Å². The zero-order valence-electron chi connectivity index (χ0n) is 15.5. The smallest absolute Gasteiger partial charge is 0.205 e. The van der Waals surface area contributed by atoms with Crippen LogP contribution in [0.2, 0.25) is 0 Å². The van der Waals surface area contributed by atoms with Crippen LogP contribution in [0.3, 0.4) is 0 Å². The van der Waals surface area contributed by atoms with Crippen LogP contribution >= 0.6 is 0 Å². The van der Waals surface area contributed by atoms with Crippen molar-refractivity contribution in [2.45, 2.75) is 45.1 Å². The minimum absolute atomic E-state index is 0.423. The Morgan fingerprint density at radius 1 is 1.15 bits per heavy atom. The minimum Gasteiger partial charge on any atom is -0.497 e. The topological polar surface area (TPSA) is 69.4 Å². The number of guanidine groups is 1.